The minimum absolute atomic E-state index is 0.114. The maximum atomic E-state index is 15.2. The topological polar surface area (TPSA) is 98.7 Å². The molecule has 2 aliphatic heterocycles. The molecule has 0 spiro atoms. The average molecular weight is 528 g/mol. The third-order valence-corrected chi connectivity index (χ3v) is 6.76. The van der Waals surface area contributed by atoms with Gasteiger partial charge >= 0.3 is 0 Å². The lowest BCUT2D eigenvalue weighted by atomic mass is 10.0. The number of carbonyl (C=O) groups excluding carboxylic acids is 1. The van der Waals surface area contributed by atoms with Gasteiger partial charge in [0.1, 0.15) is 28.7 Å². The summed E-state index contributed by atoms with van der Waals surface area (Å²) in [4.78, 5) is 26.6. The molecule has 1 amide bonds. The summed E-state index contributed by atoms with van der Waals surface area (Å²) in [5.74, 6) is 0.409. The fourth-order valence-corrected chi connectivity index (χ4v) is 4.64. The first-order valence-corrected chi connectivity index (χ1v) is 12.5. The number of benzene rings is 1. The van der Waals surface area contributed by atoms with Crippen molar-refractivity contribution in [3.8, 4) is 11.6 Å². The lowest BCUT2D eigenvalue weighted by molar-refractivity contribution is -0.125. The molecule has 9 nitrogen and oxygen atoms in total. The highest BCUT2D eigenvalue weighted by Gasteiger charge is 2.27. The Morgan fingerprint density at radius 3 is 3.00 bits per heavy atom. The molecule has 2 atom stereocenters. The Bertz CT molecular complexity index is 1300. The number of aromatic nitrogens is 3. The van der Waals surface area contributed by atoms with E-state index in [0.29, 0.717) is 55.5 Å². The second-order valence-corrected chi connectivity index (χ2v) is 9.39. The van der Waals surface area contributed by atoms with Crippen molar-refractivity contribution in [3.05, 3.63) is 54.1 Å². The van der Waals surface area contributed by atoms with E-state index in [4.69, 9.17) is 25.8 Å². The zero-order valence-electron chi connectivity index (χ0n) is 20.2. The van der Waals surface area contributed by atoms with Gasteiger partial charge in [-0.2, -0.15) is 0 Å². The summed E-state index contributed by atoms with van der Waals surface area (Å²) < 4.78 is 32.4. The van der Waals surface area contributed by atoms with Crippen LogP contribution >= 0.6 is 11.6 Å². The Hall–Kier alpha value is -3.50. The van der Waals surface area contributed by atoms with E-state index in [1.807, 2.05) is 0 Å². The van der Waals surface area contributed by atoms with E-state index in [0.717, 1.165) is 19.4 Å². The Kier molecular flexibility index (Phi) is 7.66. The van der Waals surface area contributed by atoms with Crippen molar-refractivity contribution in [2.45, 2.75) is 25.4 Å². The van der Waals surface area contributed by atoms with E-state index < -0.39 is 5.82 Å². The van der Waals surface area contributed by atoms with Crippen molar-refractivity contribution in [1.82, 2.24) is 19.9 Å². The van der Waals surface area contributed by atoms with Crippen LogP contribution in [0.4, 0.5) is 15.9 Å². The van der Waals surface area contributed by atoms with E-state index in [9.17, 15) is 4.79 Å². The zero-order chi connectivity index (χ0) is 25.8. The van der Waals surface area contributed by atoms with Crippen LogP contribution in [0.15, 0.2) is 43.2 Å². The van der Waals surface area contributed by atoms with Gasteiger partial charge in [-0.1, -0.05) is 18.2 Å². The van der Waals surface area contributed by atoms with Crippen LogP contribution in [0, 0.1) is 11.7 Å². The molecule has 3 aromatic rings. The standard InChI is InChI=1S/C26H27ClFN5O4/c1-2-22(34)33-10-9-17(12-33)37-21-8-6-19-25(32-21)26(30-15-29-19)31-18-5-7-20(23(27)24(18)28)36-14-16-4-3-11-35-13-16/h2,5-8,15-17H,1,3-4,9-14H2,(H,29,30,31)/t16-,17+/m1/s1. The van der Waals surface area contributed by atoms with Crippen LogP contribution in [0.3, 0.4) is 0 Å². The molecule has 2 fully saturated rings. The molecule has 2 aromatic heterocycles. The first-order chi connectivity index (χ1) is 18.0. The number of nitrogens with one attached hydrogen (secondary N) is 1. The molecule has 1 N–H and O–H groups in total. The SMILES string of the molecule is C=CC(=O)N1CC[C@H](Oc2ccc3ncnc(Nc4ccc(OC[C@@H]5CCCOC5)c(Cl)c4F)c3n2)C1. The first-order valence-electron chi connectivity index (χ1n) is 12.2. The summed E-state index contributed by atoms with van der Waals surface area (Å²) >= 11 is 6.29. The summed E-state index contributed by atoms with van der Waals surface area (Å²) in [6, 6.07) is 6.63. The van der Waals surface area contributed by atoms with Crippen LogP contribution < -0.4 is 14.8 Å². The number of carbonyl (C=O) groups is 1. The molecule has 11 heteroatoms. The number of hydrogen-bond acceptors (Lipinski definition) is 8. The van der Waals surface area contributed by atoms with Gasteiger partial charge in [-0.05, 0) is 37.1 Å². The summed E-state index contributed by atoms with van der Waals surface area (Å²) in [6.45, 7) is 6.38. The number of halogens is 2. The lowest BCUT2D eigenvalue weighted by Crippen LogP contribution is -2.29. The number of fused-ring (bicyclic) bond motifs is 1. The number of nitrogens with zero attached hydrogens (tertiary/aromatic N) is 4. The van der Waals surface area contributed by atoms with Crippen molar-refractivity contribution < 1.29 is 23.4 Å². The predicted molar refractivity (Wildman–Crippen MR) is 137 cm³/mol. The van der Waals surface area contributed by atoms with Crippen LogP contribution in [0.1, 0.15) is 19.3 Å². The average Bonchev–Trinajstić information content (AvgIpc) is 3.39. The second-order valence-electron chi connectivity index (χ2n) is 9.01. The van der Waals surface area contributed by atoms with Gasteiger partial charge in [0.05, 0.1) is 31.0 Å². The monoisotopic (exact) mass is 527 g/mol. The van der Waals surface area contributed by atoms with E-state index in [1.165, 1.54) is 12.4 Å². The Balaban J connectivity index is 1.31. The van der Waals surface area contributed by atoms with Gasteiger partial charge in [-0.15, -0.1) is 0 Å². The van der Waals surface area contributed by atoms with Crippen molar-refractivity contribution in [3.63, 3.8) is 0 Å². The Labute approximate surface area is 218 Å². The quantitative estimate of drug-likeness (QED) is 0.427. The summed E-state index contributed by atoms with van der Waals surface area (Å²) in [7, 11) is 0. The maximum Gasteiger partial charge on any atom is 0.246 e. The van der Waals surface area contributed by atoms with Crippen LogP contribution in [0.2, 0.25) is 5.02 Å². The Morgan fingerprint density at radius 1 is 1.30 bits per heavy atom. The third-order valence-electron chi connectivity index (χ3n) is 6.40. The van der Waals surface area contributed by atoms with Crippen molar-refractivity contribution in [1.29, 1.82) is 0 Å². The molecule has 0 aliphatic carbocycles. The molecule has 0 radical (unpaired) electrons. The molecular formula is C26H27ClFN5O4. The van der Waals surface area contributed by atoms with E-state index in [2.05, 4.69) is 26.8 Å². The molecular weight excluding hydrogens is 501 g/mol. The molecule has 4 heterocycles. The highest BCUT2D eigenvalue weighted by molar-refractivity contribution is 6.32. The van der Waals surface area contributed by atoms with Gasteiger partial charge in [0, 0.05) is 31.6 Å². The minimum Gasteiger partial charge on any atom is -0.492 e. The molecule has 194 valence electrons. The van der Waals surface area contributed by atoms with Crippen molar-refractivity contribution >= 4 is 40.0 Å². The van der Waals surface area contributed by atoms with Gasteiger partial charge in [-0.3, -0.25) is 4.79 Å². The second kappa shape index (κ2) is 11.3. The van der Waals surface area contributed by atoms with Crippen LogP contribution in [0.5, 0.6) is 11.6 Å². The number of rotatable bonds is 8. The van der Waals surface area contributed by atoms with Gasteiger partial charge in [0.25, 0.3) is 0 Å². The zero-order valence-corrected chi connectivity index (χ0v) is 20.9. The number of ether oxygens (including phenoxy) is 3. The molecule has 0 saturated carbocycles. The summed E-state index contributed by atoms with van der Waals surface area (Å²) in [5, 5.41) is 2.86. The van der Waals surface area contributed by atoms with Crippen LogP contribution in [-0.4, -0.2) is 64.8 Å². The van der Waals surface area contributed by atoms with Gasteiger partial charge < -0.3 is 24.4 Å². The minimum atomic E-state index is -0.656. The van der Waals surface area contributed by atoms with E-state index in [-0.39, 0.29) is 34.4 Å². The van der Waals surface area contributed by atoms with Gasteiger partial charge in [0.2, 0.25) is 11.8 Å². The van der Waals surface area contributed by atoms with Gasteiger partial charge in [-0.25, -0.2) is 19.3 Å². The largest absolute Gasteiger partial charge is 0.492 e. The normalized spacial score (nSPS) is 19.6. The fourth-order valence-electron chi connectivity index (χ4n) is 4.42. The number of hydrogen-bond donors (Lipinski definition) is 1. The number of likely N-dealkylation sites (tertiary alicyclic amines) is 1. The molecule has 2 aliphatic rings. The number of pyridine rings is 1. The molecule has 5 rings (SSSR count). The number of anilines is 2. The van der Waals surface area contributed by atoms with E-state index >= 15 is 4.39 Å². The predicted octanol–water partition coefficient (Wildman–Crippen LogP) is 4.53. The number of amides is 1. The van der Waals surface area contributed by atoms with Crippen molar-refractivity contribution in [2.75, 3.05) is 38.2 Å². The van der Waals surface area contributed by atoms with Crippen LogP contribution in [-0.2, 0) is 9.53 Å². The summed E-state index contributed by atoms with van der Waals surface area (Å²) in [5.41, 5.74) is 1.09. The maximum absolute atomic E-state index is 15.2. The third kappa shape index (κ3) is 5.75. The lowest BCUT2D eigenvalue weighted by Gasteiger charge is -2.22. The molecule has 0 unspecified atom stereocenters. The fraction of sp³-hybridized carbons (Fsp3) is 0.385. The molecule has 1 aromatic carbocycles. The molecule has 0 bridgehead atoms. The van der Waals surface area contributed by atoms with Gasteiger partial charge in [0.15, 0.2) is 11.6 Å². The molecule has 2 saturated heterocycles. The Morgan fingerprint density at radius 2 is 2.19 bits per heavy atom. The first kappa shape index (κ1) is 25.2. The van der Waals surface area contributed by atoms with Crippen molar-refractivity contribution in [2.24, 2.45) is 5.92 Å². The smallest absolute Gasteiger partial charge is 0.246 e. The highest BCUT2D eigenvalue weighted by atomic mass is 35.5. The van der Waals surface area contributed by atoms with Crippen LogP contribution in [0.25, 0.3) is 11.0 Å². The van der Waals surface area contributed by atoms with E-state index in [1.54, 1.807) is 29.2 Å². The highest BCUT2D eigenvalue weighted by Crippen LogP contribution is 2.35. The summed E-state index contributed by atoms with van der Waals surface area (Å²) in [6.07, 6.45) is 5.14. The molecule has 37 heavy (non-hydrogen) atoms.